The van der Waals surface area contributed by atoms with Gasteiger partial charge in [-0.2, -0.15) is 0 Å². The molecule has 0 radical (unpaired) electrons. The van der Waals surface area contributed by atoms with Crippen LogP contribution in [0.4, 0.5) is 4.39 Å². The summed E-state index contributed by atoms with van der Waals surface area (Å²) in [6.45, 7) is 1.80. The first-order valence-electron chi connectivity index (χ1n) is 4.45. The van der Waals surface area contributed by atoms with Gasteiger partial charge in [0.05, 0.1) is 7.11 Å². The van der Waals surface area contributed by atoms with Crippen LogP contribution in [0.5, 0.6) is 5.75 Å². The third-order valence-corrected chi connectivity index (χ3v) is 2.01. The van der Waals surface area contributed by atoms with Crippen molar-refractivity contribution in [2.24, 2.45) is 5.92 Å². The number of hydrogen-bond donors (Lipinski definition) is 0. The average molecular weight is 196 g/mol. The lowest BCUT2D eigenvalue weighted by molar-refractivity contribution is -0.110. The van der Waals surface area contributed by atoms with Gasteiger partial charge in [-0.1, -0.05) is 13.0 Å². The number of methoxy groups -OCH3 is 1. The second kappa shape index (κ2) is 4.74. The number of rotatable bonds is 4. The summed E-state index contributed by atoms with van der Waals surface area (Å²) in [5.41, 5.74) is 0.808. The van der Waals surface area contributed by atoms with Crippen LogP contribution in [0.1, 0.15) is 12.5 Å². The highest BCUT2D eigenvalue weighted by Gasteiger charge is 2.06. The van der Waals surface area contributed by atoms with E-state index in [-0.39, 0.29) is 17.5 Å². The Kier molecular flexibility index (Phi) is 3.63. The van der Waals surface area contributed by atoms with E-state index in [0.717, 1.165) is 11.8 Å². The molecule has 0 fully saturated rings. The molecular formula is C11H13FO2. The minimum atomic E-state index is -0.386. The third kappa shape index (κ3) is 2.55. The largest absolute Gasteiger partial charge is 0.494 e. The Labute approximate surface area is 82.7 Å². The van der Waals surface area contributed by atoms with E-state index in [0.29, 0.717) is 6.42 Å². The number of carbonyl (C=O) groups is 1. The van der Waals surface area contributed by atoms with Gasteiger partial charge in [0.2, 0.25) is 0 Å². The number of ether oxygens (including phenoxy) is 1. The van der Waals surface area contributed by atoms with E-state index in [9.17, 15) is 9.18 Å². The van der Waals surface area contributed by atoms with Crippen LogP contribution in [-0.2, 0) is 11.2 Å². The molecule has 14 heavy (non-hydrogen) atoms. The van der Waals surface area contributed by atoms with Crippen molar-refractivity contribution in [3.05, 3.63) is 29.6 Å². The number of halogens is 1. The molecule has 0 aliphatic carbocycles. The predicted molar refractivity (Wildman–Crippen MR) is 51.9 cm³/mol. The first-order chi connectivity index (χ1) is 6.67. The molecule has 3 heteroatoms. The van der Waals surface area contributed by atoms with Crippen LogP contribution < -0.4 is 4.74 Å². The summed E-state index contributed by atoms with van der Waals surface area (Å²) in [5, 5.41) is 0. The molecule has 0 saturated carbocycles. The minimum Gasteiger partial charge on any atom is -0.494 e. The van der Waals surface area contributed by atoms with Gasteiger partial charge in [0.1, 0.15) is 6.29 Å². The molecule has 0 bridgehead atoms. The molecule has 0 aliphatic rings. The summed E-state index contributed by atoms with van der Waals surface area (Å²) in [6.07, 6.45) is 1.42. The van der Waals surface area contributed by atoms with Gasteiger partial charge in [-0.3, -0.25) is 0 Å². The SMILES string of the molecule is COc1ccc(C[C@@H](C)C=O)cc1F. The predicted octanol–water partition coefficient (Wildman–Crippen LogP) is 2.21. The first-order valence-corrected chi connectivity index (χ1v) is 4.45. The fourth-order valence-corrected chi connectivity index (χ4v) is 1.26. The van der Waals surface area contributed by atoms with Crippen LogP contribution in [-0.4, -0.2) is 13.4 Å². The van der Waals surface area contributed by atoms with Gasteiger partial charge in [0.25, 0.3) is 0 Å². The standard InChI is InChI=1S/C11H13FO2/c1-8(7-13)5-9-3-4-11(14-2)10(12)6-9/h3-4,6-8H,5H2,1-2H3/t8-/m1/s1. The zero-order valence-corrected chi connectivity index (χ0v) is 8.29. The highest BCUT2D eigenvalue weighted by atomic mass is 19.1. The molecule has 0 heterocycles. The molecule has 1 rings (SSSR count). The van der Waals surface area contributed by atoms with Gasteiger partial charge < -0.3 is 9.53 Å². The zero-order valence-electron chi connectivity index (χ0n) is 8.29. The number of hydrogen-bond acceptors (Lipinski definition) is 2. The molecule has 1 atom stereocenters. The molecule has 0 unspecified atom stereocenters. The Morgan fingerprint density at radius 1 is 1.57 bits per heavy atom. The van der Waals surface area contributed by atoms with Crippen molar-refractivity contribution in [2.45, 2.75) is 13.3 Å². The Hall–Kier alpha value is -1.38. The lowest BCUT2D eigenvalue weighted by Crippen LogP contribution is -2.01. The molecule has 0 aromatic heterocycles. The third-order valence-electron chi connectivity index (χ3n) is 2.01. The quantitative estimate of drug-likeness (QED) is 0.690. The molecule has 0 spiro atoms. The second-order valence-corrected chi connectivity index (χ2v) is 3.29. The van der Waals surface area contributed by atoms with E-state index in [1.54, 1.807) is 19.1 Å². The maximum absolute atomic E-state index is 13.2. The van der Waals surface area contributed by atoms with Crippen molar-refractivity contribution >= 4 is 6.29 Å². The van der Waals surface area contributed by atoms with E-state index in [4.69, 9.17) is 4.74 Å². The molecule has 2 nitrogen and oxygen atoms in total. The van der Waals surface area contributed by atoms with Gasteiger partial charge >= 0.3 is 0 Å². The Morgan fingerprint density at radius 2 is 2.29 bits per heavy atom. The normalized spacial score (nSPS) is 12.2. The van der Waals surface area contributed by atoms with Crippen molar-refractivity contribution in [3.8, 4) is 5.75 Å². The fraction of sp³-hybridized carbons (Fsp3) is 0.364. The van der Waals surface area contributed by atoms with Crippen LogP contribution in [0.25, 0.3) is 0 Å². The number of aldehydes is 1. The molecule has 1 aromatic rings. The molecular weight excluding hydrogens is 183 g/mol. The summed E-state index contributed by atoms with van der Waals surface area (Å²) >= 11 is 0. The Bertz CT molecular complexity index is 323. The lowest BCUT2D eigenvalue weighted by Gasteiger charge is -2.06. The first kappa shape index (κ1) is 10.7. The fourth-order valence-electron chi connectivity index (χ4n) is 1.26. The second-order valence-electron chi connectivity index (χ2n) is 3.29. The van der Waals surface area contributed by atoms with E-state index in [1.165, 1.54) is 13.2 Å². The van der Waals surface area contributed by atoms with Gasteiger partial charge in [0.15, 0.2) is 11.6 Å². The number of carbonyl (C=O) groups excluding carboxylic acids is 1. The van der Waals surface area contributed by atoms with Gasteiger partial charge in [-0.05, 0) is 24.1 Å². The maximum atomic E-state index is 13.2. The van der Waals surface area contributed by atoms with Crippen LogP contribution in [0.15, 0.2) is 18.2 Å². The van der Waals surface area contributed by atoms with Crippen molar-refractivity contribution in [2.75, 3.05) is 7.11 Å². The van der Waals surface area contributed by atoms with Gasteiger partial charge in [0, 0.05) is 5.92 Å². The minimum absolute atomic E-state index is 0.0807. The van der Waals surface area contributed by atoms with E-state index in [2.05, 4.69) is 0 Å². The lowest BCUT2D eigenvalue weighted by atomic mass is 10.0. The smallest absolute Gasteiger partial charge is 0.165 e. The summed E-state index contributed by atoms with van der Waals surface area (Å²) < 4.78 is 18.0. The van der Waals surface area contributed by atoms with Crippen molar-refractivity contribution in [1.29, 1.82) is 0 Å². The van der Waals surface area contributed by atoms with Crippen LogP contribution in [0.2, 0.25) is 0 Å². The molecule has 0 amide bonds. The van der Waals surface area contributed by atoms with Crippen molar-refractivity contribution < 1.29 is 13.9 Å². The molecule has 0 aliphatic heterocycles. The maximum Gasteiger partial charge on any atom is 0.165 e. The van der Waals surface area contributed by atoms with E-state index >= 15 is 0 Å². The highest BCUT2D eigenvalue weighted by Crippen LogP contribution is 2.19. The molecule has 76 valence electrons. The number of benzene rings is 1. The van der Waals surface area contributed by atoms with E-state index in [1.807, 2.05) is 0 Å². The monoisotopic (exact) mass is 196 g/mol. The van der Waals surface area contributed by atoms with Crippen molar-refractivity contribution in [3.63, 3.8) is 0 Å². The topological polar surface area (TPSA) is 26.3 Å². The molecule has 1 aromatic carbocycles. The van der Waals surface area contributed by atoms with Crippen molar-refractivity contribution in [1.82, 2.24) is 0 Å². The van der Waals surface area contributed by atoms with E-state index < -0.39 is 0 Å². The summed E-state index contributed by atoms with van der Waals surface area (Å²) in [5.74, 6) is -0.238. The molecule has 0 saturated heterocycles. The highest BCUT2D eigenvalue weighted by molar-refractivity contribution is 5.53. The van der Waals surface area contributed by atoms with Crippen LogP contribution in [0.3, 0.4) is 0 Å². The molecule has 0 N–H and O–H groups in total. The van der Waals surface area contributed by atoms with Gasteiger partial charge in [-0.15, -0.1) is 0 Å². The summed E-state index contributed by atoms with van der Waals surface area (Å²) in [7, 11) is 1.42. The zero-order chi connectivity index (χ0) is 10.6. The Morgan fingerprint density at radius 3 is 2.79 bits per heavy atom. The van der Waals surface area contributed by atoms with Gasteiger partial charge in [-0.25, -0.2) is 4.39 Å². The van der Waals surface area contributed by atoms with Crippen LogP contribution >= 0.6 is 0 Å². The summed E-state index contributed by atoms with van der Waals surface area (Å²) in [4.78, 5) is 10.4. The Balaban J connectivity index is 2.80. The summed E-state index contributed by atoms with van der Waals surface area (Å²) in [6, 6.07) is 4.74. The average Bonchev–Trinajstić information content (AvgIpc) is 2.18. The van der Waals surface area contributed by atoms with Crippen LogP contribution in [0, 0.1) is 11.7 Å².